The van der Waals surface area contributed by atoms with Gasteiger partial charge in [0.15, 0.2) is 0 Å². The summed E-state index contributed by atoms with van der Waals surface area (Å²) < 4.78 is 15.7. The molecule has 5 heteroatoms. The lowest BCUT2D eigenvalue weighted by atomic mass is 10.0. The van der Waals surface area contributed by atoms with Crippen LogP contribution in [0.3, 0.4) is 0 Å². The van der Waals surface area contributed by atoms with E-state index in [9.17, 15) is 9.65 Å². The van der Waals surface area contributed by atoms with Crippen molar-refractivity contribution in [3.8, 4) is 11.8 Å². The molecule has 4 nitrogen and oxygen atoms in total. The van der Waals surface area contributed by atoms with Gasteiger partial charge >= 0.3 is 0 Å². The van der Waals surface area contributed by atoms with Crippen LogP contribution in [-0.4, -0.2) is 14.5 Å². The van der Waals surface area contributed by atoms with Gasteiger partial charge in [-0.25, -0.2) is 9.37 Å². The molecular formula is C25H23FN4. The number of halogens is 1. The van der Waals surface area contributed by atoms with E-state index >= 15 is 0 Å². The minimum absolute atomic E-state index is 0.341. The van der Waals surface area contributed by atoms with E-state index in [4.69, 9.17) is 0 Å². The average Bonchev–Trinajstić information content (AvgIpc) is 3.26. The standard InChI is InChI=1S/C25H23FN4/c1-15(2)18-5-8-22(9-6-18)30-16(3)11-19(17(30)4)12-20(14-27)25-28-23-10-7-21(26)13-24(23)29-25/h5-13,15H,1-4H3,(H,28,29)/b20-12-. The Kier molecular flexibility index (Phi) is 5.01. The third kappa shape index (κ3) is 3.53. The lowest BCUT2D eigenvalue weighted by Crippen LogP contribution is -1.99. The predicted molar refractivity (Wildman–Crippen MR) is 119 cm³/mol. The first-order chi connectivity index (χ1) is 14.4. The van der Waals surface area contributed by atoms with E-state index in [2.05, 4.69) is 71.7 Å². The number of nitriles is 1. The fraction of sp³-hybridized carbons (Fsp3) is 0.200. The Morgan fingerprint density at radius 2 is 1.87 bits per heavy atom. The first-order valence-corrected chi connectivity index (χ1v) is 9.94. The first-order valence-electron chi connectivity index (χ1n) is 9.94. The normalized spacial score (nSPS) is 12.0. The van der Waals surface area contributed by atoms with Crippen molar-refractivity contribution in [1.29, 1.82) is 5.26 Å². The molecule has 0 aliphatic carbocycles. The number of aryl methyl sites for hydroxylation is 1. The molecule has 4 rings (SSSR count). The minimum Gasteiger partial charge on any atom is -0.337 e. The van der Waals surface area contributed by atoms with Gasteiger partial charge in [-0.05, 0) is 73.4 Å². The zero-order chi connectivity index (χ0) is 21.4. The number of aromatic nitrogens is 3. The maximum atomic E-state index is 13.5. The largest absolute Gasteiger partial charge is 0.337 e. The fourth-order valence-electron chi connectivity index (χ4n) is 3.76. The highest BCUT2D eigenvalue weighted by Gasteiger charge is 2.13. The van der Waals surface area contributed by atoms with Crippen LogP contribution in [0.2, 0.25) is 0 Å². The summed E-state index contributed by atoms with van der Waals surface area (Å²) in [6.07, 6.45) is 1.83. The summed E-state index contributed by atoms with van der Waals surface area (Å²) in [5, 5.41) is 9.73. The van der Waals surface area contributed by atoms with E-state index in [1.165, 1.54) is 17.7 Å². The van der Waals surface area contributed by atoms with Gasteiger partial charge in [-0.3, -0.25) is 0 Å². The Morgan fingerprint density at radius 1 is 1.13 bits per heavy atom. The number of hydrogen-bond donors (Lipinski definition) is 1. The monoisotopic (exact) mass is 398 g/mol. The first kappa shape index (κ1) is 19.7. The molecule has 0 spiro atoms. The molecule has 0 aliphatic heterocycles. The second-order valence-corrected chi connectivity index (χ2v) is 7.82. The Morgan fingerprint density at radius 3 is 2.53 bits per heavy atom. The highest BCUT2D eigenvalue weighted by atomic mass is 19.1. The van der Waals surface area contributed by atoms with Crippen molar-refractivity contribution in [3.05, 3.63) is 82.7 Å². The summed E-state index contributed by atoms with van der Waals surface area (Å²) in [5.74, 6) is 0.580. The van der Waals surface area contributed by atoms with Gasteiger partial charge in [0.25, 0.3) is 0 Å². The van der Waals surface area contributed by atoms with Crippen molar-refractivity contribution in [1.82, 2.24) is 14.5 Å². The molecule has 0 bridgehead atoms. The van der Waals surface area contributed by atoms with E-state index in [1.807, 2.05) is 13.0 Å². The van der Waals surface area contributed by atoms with Crippen LogP contribution in [0.25, 0.3) is 28.4 Å². The molecule has 0 radical (unpaired) electrons. The molecule has 0 amide bonds. The molecule has 0 saturated heterocycles. The van der Waals surface area contributed by atoms with Crippen LogP contribution in [0.15, 0.2) is 48.5 Å². The molecule has 2 aromatic heterocycles. The number of imidazole rings is 1. The van der Waals surface area contributed by atoms with Crippen LogP contribution in [0.5, 0.6) is 0 Å². The van der Waals surface area contributed by atoms with Crippen molar-refractivity contribution in [2.45, 2.75) is 33.6 Å². The van der Waals surface area contributed by atoms with Crippen LogP contribution in [0, 0.1) is 31.0 Å². The molecule has 0 fully saturated rings. The molecule has 0 atom stereocenters. The molecule has 0 saturated carbocycles. The number of H-pyrrole nitrogens is 1. The summed E-state index contributed by atoms with van der Waals surface area (Å²) in [6.45, 7) is 8.45. The van der Waals surface area contributed by atoms with Crippen molar-refractivity contribution >= 4 is 22.7 Å². The summed E-state index contributed by atoms with van der Waals surface area (Å²) >= 11 is 0. The number of allylic oxidation sites excluding steroid dienone is 1. The predicted octanol–water partition coefficient (Wildman–Crippen LogP) is 6.30. The molecule has 0 unspecified atom stereocenters. The van der Waals surface area contributed by atoms with Crippen molar-refractivity contribution in [2.75, 3.05) is 0 Å². The van der Waals surface area contributed by atoms with Crippen LogP contribution in [0.1, 0.15) is 48.1 Å². The molecule has 0 aliphatic rings. The zero-order valence-electron chi connectivity index (χ0n) is 17.5. The highest BCUT2D eigenvalue weighted by Crippen LogP contribution is 2.26. The summed E-state index contributed by atoms with van der Waals surface area (Å²) in [5.41, 5.74) is 7.07. The molecule has 2 aromatic carbocycles. The number of nitrogens with zero attached hydrogens (tertiary/aromatic N) is 3. The smallest absolute Gasteiger partial charge is 0.149 e. The average molecular weight is 398 g/mol. The van der Waals surface area contributed by atoms with Gasteiger partial charge in [0.2, 0.25) is 0 Å². The van der Waals surface area contributed by atoms with Crippen molar-refractivity contribution in [3.63, 3.8) is 0 Å². The summed E-state index contributed by atoms with van der Waals surface area (Å²) in [7, 11) is 0. The minimum atomic E-state index is -0.341. The number of benzene rings is 2. The molecule has 30 heavy (non-hydrogen) atoms. The van der Waals surface area contributed by atoms with E-state index < -0.39 is 0 Å². The van der Waals surface area contributed by atoms with Crippen LogP contribution >= 0.6 is 0 Å². The van der Waals surface area contributed by atoms with E-state index in [1.54, 1.807) is 6.07 Å². The van der Waals surface area contributed by atoms with Crippen LogP contribution < -0.4 is 0 Å². The number of hydrogen-bond acceptors (Lipinski definition) is 2. The number of fused-ring (bicyclic) bond motifs is 1. The van der Waals surface area contributed by atoms with E-state index in [0.717, 1.165) is 22.6 Å². The Hall–Kier alpha value is -3.65. The summed E-state index contributed by atoms with van der Waals surface area (Å²) in [6, 6.07) is 17.2. The van der Waals surface area contributed by atoms with Crippen LogP contribution in [0.4, 0.5) is 4.39 Å². The second-order valence-electron chi connectivity index (χ2n) is 7.82. The highest BCUT2D eigenvalue weighted by molar-refractivity contribution is 5.90. The molecular weight excluding hydrogens is 375 g/mol. The SMILES string of the molecule is Cc1cc(/C=C(/C#N)c2nc3ccc(F)cc3[nH]2)c(C)n1-c1ccc(C(C)C)cc1. The van der Waals surface area contributed by atoms with Gasteiger partial charge in [0.05, 0.1) is 16.6 Å². The third-order valence-corrected chi connectivity index (χ3v) is 5.41. The van der Waals surface area contributed by atoms with Crippen molar-refractivity contribution < 1.29 is 4.39 Å². The van der Waals surface area contributed by atoms with Crippen molar-refractivity contribution in [2.24, 2.45) is 0 Å². The zero-order valence-corrected chi connectivity index (χ0v) is 17.5. The molecule has 150 valence electrons. The number of aromatic amines is 1. The fourth-order valence-corrected chi connectivity index (χ4v) is 3.76. The maximum absolute atomic E-state index is 13.5. The Bertz CT molecular complexity index is 1300. The second kappa shape index (κ2) is 7.64. The maximum Gasteiger partial charge on any atom is 0.149 e. The number of rotatable bonds is 4. The van der Waals surface area contributed by atoms with E-state index in [0.29, 0.717) is 28.3 Å². The van der Waals surface area contributed by atoms with Gasteiger partial charge in [0, 0.05) is 17.1 Å². The van der Waals surface area contributed by atoms with Gasteiger partial charge in [0.1, 0.15) is 17.7 Å². The molecule has 1 N–H and O–H groups in total. The lowest BCUT2D eigenvalue weighted by Gasteiger charge is -2.12. The Labute approximate surface area is 175 Å². The van der Waals surface area contributed by atoms with Gasteiger partial charge in [-0.15, -0.1) is 0 Å². The molecule has 4 aromatic rings. The third-order valence-electron chi connectivity index (χ3n) is 5.41. The topological polar surface area (TPSA) is 57.4 Å². The van der Waals surface area contributed by atoms with Gasteiger partial charge in [-0.1, -0.05) is 26.0 Å². The summed E-state index contributed by atoms with van der Waals surface area (Å²) in [4.78, 5) is 7.49. The lowest BCUT2D eigenvalue weighted by molar-refractivity contribution is 0.629. The van der Waals surface area contributed by atoms with Crippen LogP contribution in [-0.2, 0) is 0 Å². The van der Waals surface area contributed by atoms with Gasteiger partial charge < -0.3 is 9.55 Å². The molecule has 2 heterocycles. The Balaban J connectivity index is 1.75. The quantitative estimate of drug-likeness (QED) is 0.410. The van der Waals surface area contributed by atoms with E-state index in [-0.39, 0.29) is 5.82 Å². The van der Waals surface area contributed by atoms with Gasteiger partial charge in [-0.2, -0.15) is 5.26 Å². The number of nitrogens with one attached hydrogen (secondary N) is 1.